The second-order valence-corrected chi connectivity index (χ2v) is 2.80. The third-order valence-electron chi connectivity index (χ3n) is 1.97. The molecule has 0 atom stereocenters. The minimum atomic E-state index is 0.237. The van der Waals surface area contributed by atoms with Gasteiger partial charge >= 0.3 is 0 Å². The second kappa shape index (κ2) is 2.51. The lowest BCUT2D eigenvalue weighted by molar-refractivity contribution is 0.435. The molecule has 0 amide bonds. The number of rotatable bonds is 1. The lowest BCUT2D eigenvalue weighted by atomic mass is 9.99. The highest BCUT2D eigenvalue weighted by molar-refractivity contribution is 5.21. The smallest absolute Gasteiger partial charge is 0.133 e. The summed E-state index contributed by atoms with van der Waals surface area (Å²) < 4.78 is 0. The van der Waals surface area contributed by atoms with E-state index in [-0.39, 0.29) is 5.75 Å². The largest absolute Gasteiger partial charge is 0.506 e. The summed E-state index contributed by atoms with van der Waals surface area (Å²) in [6, 6.07) is 3.56. The Morgan fingerprint density at radius 2 is 2.27 bits per heavy atom. The van der Waals surface area contributed by atoms with Crippen molar-refractivity contribution in [1.29, 1.82) is 0 Å². The maximum absolute atomic E-state index is 8.95. The number of hydrogen-bond donors (Lipinski definition) is 2. The van der Waals surface area contributed by atoms with E-state index in [1.165, 1.54) is 6.20 Å². The van der Waals surface area contributed by atoms with Crippen LogP contribution in [0.1, 0.15) is 11.6 Å². The van der Waals surface area contributed by atoms with Crippen molar-refractivity contribution in [2.75, 3.05) is 13.1 Å². The van der Waals surface area contributed by atoms with Gasteiger partial charge in [0, 0.05) is 24.7 Å². The van der Waals surface area contributed by atoms with Gasteiger partial charge in [-0.3, -0.25) is 4.98 Å². The first kappa shape index (κ1) is 6.61. The van der Waals surface area contributed by atoms with Gasteiger partial charge in [-0.15, -0.1) is 0 Å². The Morgan fingerprint density at radius 1 is 1.45 bits per heavy atom. The Balaban J connectivity index is 2.18. The predicted molar refractivity (Wildman–Crippen MR) is 41.5 cm³/mol. The van der Waals surface area contributed by atoms with Crippen LogP contribution < -0.4 is 5.32 Å². The molecule has 0 spiro atoms. The Labute approximate surface area is 65.1 Å². The highest BCUT2D eigenvalue weighted by Gasteiger charge is 2.19. The molecule has 0 aromatic carbocycles. The molecular weight excluding hydrogens is 140 g/mol. The zero-order valence-electron chi connectivity index (χ0n) is 6.12. The topological polar surface area (TPSA) is 45.1 Å². The van der Waals surface area contributed by atoms with Crippen molar-refractivity contribution >= 4 is 0 Å². The molecule has 0 saturated carbocycles. The van der Waals surface area contributed by atoms with Gasteiger partial charge in [-0.1, -0.05) is 0 Å². The molecule has 2 N–H and O–H groups in total. The molecule has 1 aromatic rings. The van der Waals surface area contributed by atoms with Gasteiger partial charge in [0.2, 0.25) is 0 Å². The van der Waals surface area contributed by atoms with Crippen LogP contribution in [-0.4, -0.2) is 23.2 Å². The molecule has 1 saturated heterocycles. The maximum atomic E-state index is 8.95. The molecule has 1 aromatic heterocycles. The average Bonchev–Trinajstić information content (AvgIpc) is 1.90. The van der Waals surface area contributed by atoms with E-state index in [4.69, 9.17) is 5.11 Å². The van der Waals surface area contributed by atoms with Gasteiger partial charge < -0.3 is 10.4 Å². The molecule has 0 bridgehead atoms. The molecule has 3 heteroatoms. The van der Waals surface area contributed by atoms with Crippen LogP contribution in [0.3, 0.4) is 0 Å². The van der Waals surface area contributed by atoms with Crippen molar-refractivity contribution in [1.82, 2.24) is 10.3 Å². The lowest BCUT2D eigenvalue weighted by Crippen LogP contribution is -2.40. The monoisotopic (exact) mass is 150 g/mol. The molecule has 58 valence electrons. The van der Waals surface area contributed by atoms with Crippen molar-refractivity contribution in [3.05, 3.63) is 24.0 Å². The maximum Gasteiger partial charge on any atom is 0.133 e. The van der Waals surface area contributed by atoms with Gasteiger partial charge in [0.25, 0.3) is 0 Å². The molecular formula is C8H10N2O. The molecule has 2 rings (SSSR count). The molecule has 0 radical (unpaired) electrons. The fourth-order valence-electron chi connectivity index (χ4n) is 1.14. The third kappa shape index (κ3) is 1.19. The van der Waals surface area contributed by atoms with Gasteiger partial charge in [0.1, 0.15) is 5.75 Å². The standard InChI is InChI=1S/C8H10N2O/c11-7-1-2-8(10-5-7)6-3-9-4-6/h1-2,5-6,9,11H,3-4H2. The van der Waals surface area contributed by atoms with Gasteiger partial charge in [0.05, 0.1) is 6.20 Å². The zero-order chi connectivity index (χ0) is 7.68. The first-order valence-electron chi connectivity index (χ1n) is 3.72. The summed E-state index contributed by atoms with van der Waals surface area (Å²) in [5, 5.41) is 12.1. The lowest BCUT2D eigenvalue weighted by Gasteiger charge is -2.26. The van der Waals surface area contributed by atoms with E-state index >= 15 is 0 Å². The quantitative estimate of drug-likeness (QED) is 0.611. The van der Waals surface area contributed by atoms with Crippen LogP contribution in [0.2, 0.25) is 0 Å². The Hall–Kier alpha value is -1.09. The SMILES string of the molecule is Oc1ccc(C2CNC2)nc1. The van der Waals surface area contributed by atoms with Crippen LogP contribution in [-0.2, 0) is 0 Å². The van der Waals surface area contributed by atoms with Gasteiger partial charge in [-0.25, -0.2) is 0 Å². The fourth-order valence-corrected chi connectivity index (χ4v) is 1.14. The van der Waals surface area contributed by atoms with Gasteiger partial charge in [-0.2, -0.15) is 0 Å². The van der Waals surface area contributed by atoms with E-state index in [2.05, 4.69) is 10.3 Å². The van der Waals surface area contributed by atoms with Crippen LogP contribution in [0.15, 0.2) is 18.3 Å². The summed E-state index contributed by atoms with van der Waals surface area (Å²) in [7, 11) is 0. The second-order valence-electron chi connectivity index (χ2n) is 2.80. The minimum Gasteiger partial charge on any atom is -0.506 e. The predicted octanol–water partition coefficient (Wildman–Crippen LogP) is 0.474. The number of pyridine rings is 1. The van der Waals surface area contributed by atoms with Crippen LogP contribution in [0.25, 0.3) is 0 Å². The number of nitrogens with one attached hydrogen (secondary N) is 1. The molecule has 11 heavy (non-hydrogen) atoms. The highest BCUT2D eigenvalue weighted by atomic mass is 16.3. The van der Waals surface area contributed by atoms with Crippen molar-refractivity contribution in [3.8, 4) is 5.75 Å². The Bertz CT molecular complexity index is 241. The molecule has 1 aliphatic rings. The highest BCUT2D eigenvalue weighted by Crippen LogP contribution is 2.18. The number of aromatic hydroxyl groups is 1. The average molecular weight is 150 g/mol. The summed E-state index contributed by atoms with van der Waals surface area (Å²) in [4.78, 5) is 4.11. The van der Waals surface area contributed by atoms with E-state index in [0.717, 1.165) is 18.8 Å². The van der Waals surface area contributed by atoms with Crippen molar-refractivity contribution in [2.24, 2.45) is 0 Å². The zero-order valence-corrected chi connectivity index (χ0v) is 6.12. The van der Waals surface area contributed by atoms with Crippen LogP contribution in [0.5, 0.6) is 5.75 Å². The van der Waals surface area contributed by atoms with Gasteiger partial charge in [0.15, 0.2) is 0 Å². The summed E-state index contributed by atoms with van der Waals surface area (Å²) in [5.41, 5.74) is 1.07. The minimum absolute atomic E-state index is 0.237. The molecule has 1 fully saturated rings. The molecule has 1 aliphatic heterocycles. The fraction of sp³-hybridized carbons (Fsp3) is 0.375. The van der Waals surface area contributed by atoms with Crippen LogP contribution >= 0.6 is 0 Å². The van der Waals surface area contributed by atoms with E-state index < -0.39 is 0 Å². The van der Waals surface area contributed by atoms with E-state index in [1.807, 2.05) is 6.07 Å². The molecule has 0 unspecified atom stereocenters. The number of hydrogen-bond acceptors (Lipinski definition) is 3. The van der Waals surface area contributed by atoms with E-state index in [1.54, 1.807) is 6.07 Å². The molecule has 3 nitrogen and oxygen atoms in total. The van der Waals surface area contributed by atoms with Crippen LogP contribution in [0.4, 0.5) is 0 Å². The number of aromatic nitrogens is 1. The Kier molecular flexibility index (Phi) is 1.51. The number of nitrogens with zero attached hydrogens (tertiary/aromatic N) is 1. The third-order valence-corrected chi connectivity index (χ3v) is 1.97. The van der Waals surface area contributed by atoms with Crippen molar-refractivity contribution in [3.63, 3.8) is 0 Å². The first-order chi connectivity index (χ1) is 5.36. The summed E-state index contributed by atoms with van der Waals surface area (Å²) >= 11 is 0. The first-order valence-corrected chi connectivity index (χ1v) is 3.72. The van der Waals surface area contributed by atoms with Gasteiger partial charge in [-0.05, 0) is 12.1 Å². The summed E-state index contributed by atoms with van der Waals surface area (Å²) in [6.45, 7) is 2.02. The molecule has 0 aliphatic carbocycles. The molecule has 2 heterocycles. The van der Waals surface area contributed by atoms with E-state index in [9.17, 15) is 0 Å². The van der Waals surface area contributed by atoms with Crippen LogP contribution in [0, 0.1) is 0 Å². The summed E-state index contributed by atoms with van der Waals surface area (Å²) in [5.74, 6) is 0.789. The summed E-state index contributed by atoms with van der Waals surface area (Å²) in [6.07, 6.45) is 1.49. The normalized spacial score (nSPS) is 17.8. The van der Waals surface area contributed by atoms with Crippen molar-refractivity contribution in [2.45, 2.75) is 5.92 Å². The Morgan fingerprint density at radius 3 is 2.73 bits per heavy atom. The van der Waals surface area contributed by atoms with Crippen molar-refractivity contribution < 1.29 is 5.11 Å². The van der Waals surface area contributed by atoms with E-state index in [0.29, 0.717) is 5.92 Å².